The van der Waals surface area contributed by atoms with E-state index in [1.165, 1.54) is 0 Å². The number of unbranched alkanes of at least 4 members (excludes halogenated alkanes) is 1. The van der Waals surface area contributed by atoms with Crippen molar-refractivity contribution in [3.05, 3.63) is 11.3 Å². The van der Waals surface area contributed by atoms with Crippen LogP contribution < -0.4 is 16.4 Å². The molecule has 2 aromatic rings. The van der Waals surface area contributed by atoms with Crippen LogP contribution in [0.4, 0.5) is 16.2 Å². The number of aromatic nitrogens is 4. The molecule has 0 saturated carbocycles. The van der Waals surface area contributed by atoms with E-state index < -0.39 is 5.60 Å². The molecule has 9 heteroatoms. The smallest absolute Gasteiger partial charge is 0.407 e. The number of hydrogen-bond donors (Lipinski definition) is 3. The zero-order valence-electron chi connectivity index (χ0n) is 15.5. The Hall–Kier alpha value is -2.58. The second kappa shape index (κ2) is 7.54. The van der Waals surface area contributed by atoms with Gasteiger partial charge in [-0.1, -0.05) is 0 Å². The Balaban J connectivity index is 1.81. The monoisotopic (exact) mass is 349 g/mol. The summed E-state index contributed by atoms with van der Waals surface area (Å²) in [5.41, 5.74) is 9.62. The van der Waals surface area contributed by atoms with Crippen LogP contribution >= 0.6 is 0 Å². The van der Waals surface area contributed by atoms with Gasteiger partial charge in [-0.3, -0.25) is 0 Å². The highest BCUT2D eigenvalue weighted by molar-refractivity contribution is 5.82. The van der Waals surface area contributed by atoms with Gasteiger partial charge in [0.05, 0.1) is 5.69 Å². The Morgan fingerprint density at radius 3 is 2.60 bits per heavy atom. The van der Waals surface area contributed by atoms with Gasteiger partial charge in [-0.2, -0.15) is 4.52 Å². The highest BCUT2D eigenvalue weighted by atomic mass is 16.6. The van der Waals surface area contributed by atoms with Gasteiger partial charge < -0.3 is 21.1 Å². The quantitative estimate of drug-likeness (QED) is 0.683. The van der Waals surface area contributed by atoms with Crippen LogP contribution in [0.1, 0.15) is 44.9 Å². The highest BCUT2D eigenvalue weighted by Crippen LogP contribution is 2.28. The molecule has 0 aromatic carbocycles. The number of tetrazole rings is 1. The van der Waals surface area contributed by atoms with Crippen LogP contribution in [0.15, 0.2) is 0 Å². The number of carbonyl (C=O) groups is 1. The molecule has 9 nitrogen and oxygen atoms in total. The number of ether oxygens (including phenoxy) is 1. The van der Waals surface area contributed by atoms with Crippen molar-refractivity contribution in [3.8, 4) is 0 Å². The molecular formula is C16H27N7O2. The topological polar surface area (TPSA) is 119 Å². The van der Waals surface area contributed by atoms with Crippen LogP contribution in [0, 0.1) is 13.8 Å². The Bertz CT molecular complexity index is 749. The highest BCUT2D eigenvalue weighted by Gasteiger charge is 2.16. The molecule has 4 N–H and O–H groups in total. The zero-order valence-corrected chi connectivity index (χ0v) is 15.5. The molecule has 0 radical (unpaired) electrons. The molecule has 1 amide bonds. The number of pyridine rings is 1. The summed E-state index contributed by atoms with van der Waals surface area (Å²) in [7, 11) is 0. The molecule has 0 saturated heterocycles. The van der Waals surface area contributed by atoms with Gasteiger partial charge in [0.15, 0.2) is 0 Å². The number of alkyl carbamates (subject to hydrolysis) is 1. The number of aryl methyl sites for hydroxylation is 1. The van der Waals surface area contributed by atoms with E-state index in [2.05, 4.69) is 26.2 Å². The van der Waals surface area contributed by atoms with Crippen LogP contribution in [0.5, 0.6) is 0 Å². The van der Waals surface area contributed by atoms with Crippen LogP contribution in [0.2, 0.25) is 0 Å². The average Bonchev–Trinajstić information content (AvgIpc) is 2.99. The number of carbonyl (C=O) groups excluding carboxylic acids is 1. The lowest BCUT2D eigenvalue weighted by Gasteiger charge is -2.19. The first-order valence-corrected chi connectivity index (χ1v) is 8.38. The maximum absolute atomic E-state index is 11.6. The minimum atomic E-state index is -0.478. The van der Waals surface area contributed by atoms with Crippen molar-refractivity contribution in [2.45, 2.75) is 53.1 Å². The maximum atomic E-state index is 11.6. The lowest BCUT2D eigenvalue weighted by Crippen LogP contribution is -2.33. The molecular weight excluding hydrogens is 322 g/mol. The number of nitrogens with one attached hydrogen (secondary N) is 2. The van der Waals surface area contributed by atoms with Crippen molar-refractivity contribution in [1.29, 1.82) is 0 Å². The Morgan fingerprint density at radius 2 is 1.92 bits per heavy atom. The average molecular weight is 349 g/mol. The van der Waals surface area contributed by atoms with Gasteiger partial charge in [-0.05, 0) is 63.5 Å². The standard InChI is InChI=1S/C16H27N7O2/c1-10-11(2)23-14(20-21-22-23)12(17)13(10)18-8-6-7-9-19-15(24)25-16(3,4)5/h18H,6-9,17H2,1-5H3,(H,19,24). The Labute approximate surface area is 147 Å². The van der Waals surface area contributed by atoms with Gasteiger partial charge in [0.2, 0.25) is 5.65 Å². The maximum Gasteiger partial charge on any atom is 0.407 e. The number of nitrogen functional groups attached to an aromatic ring is 1. The van der Waals surface area contributed by atoms with E-state index in [1.807, 2.05) is 34.6 Å². The summed E-state index contributed by atoms with van der Waals surface area (Å²) in [4.78, 5) is 11.6. The number of anilines is 2. The summed E-state index contributed by atoms with van der Waals surface area (Å²) in [6.07, 6.45) is 1.32. The van der Waals surface area contributed by atoms with E-state index in [0.717, 1.165) is 36.3 Å². The number of nitrogens with two attached hydrogens (primary N) is 1. The molecule has 138 valence electrons. The predicted molar refractivity (Wildman–Crippen MR) is 96.6 cm³/mol. The third kappa shape index (κ3) is 4.71. The van der Waals surface area contributed by atoms with Crippen molar-refractivity contribution in [2.24, 2.45) is 0 Å². The molecule has 0 unspecified atom stereocenters. The molecule has 0 fully saturated rings. The summed E-state index contributed by atoms with van der Waals surface area (Å²) >= 11 is 0. The third-order valence-corrected chi connectivity index (χ3v) is 3.79. The van der Waals surface area contributed by atoms with Gasteiger partial charge in [0.1, 0.15) is 11.3 Å². The normalized spacial score (nSPS) is 11.6. The molecule has 0 aliphatic rings. The summed E-state index contributed by atoms with van der Waals surface area (Å²) in [6, 6.07) is 0. The van der Waals surface area contributed by atoms with E-state index >= 15 is 0 Å². The van der Waals surface area contributed by atoms with Crippen molar-refractivity contribution in [2.75, 3.05) is 24.1 Å². The molecule has 0 aliphatic heterocycles. The minimum absolute atomic E-state index is 0.388. The number of nitrogens with zero attached hydrogens (tertiary/aromatic N) is 4. The van der Waals surface area contributed by atoms with E-state index in [4.69, 9.17) is 10.5 Å². The first kappa shape index (κ1) is 18.8. The molecule has 2 rings (SSSR count). The lowest BCUT2D eigenvalue weighted by molar-refractivity contribution is 0.0527. The third-order valence-electron chi connectivity index (χ3n) is 3.79. The molecule has 2 heterocycles. The van der Waals surface area contributed by atoms with Crippen LogP contribution in [-0.4, -0.2) is 44.8 Å². The van der Waals surface area contributed by atoms with Crippen LogP contribution in [-0.2, 0) is 4.74 Å². The second-order valence-corrected chi connectivity index (χ2v) is 6.98. The zero-order chi connectivity index (χ0) is 18.6. The molecule has 0 aliphatic carbocycles. The van der Waals surface area contributed by atoms with E-state index in [1.54, 1.807) is 4.52 Å². The Kier molecular flexibility index (Phi) is 5.66. The molecule has 0 atom stereocenters. The van der Waals surface area contributed by atoms with Gasteiger partial charge in [-0.15, -0.1) is 5.10 Å². The number of fused-ring (bicyclic) bond motifs is 1. The van der Waals surface area contributed by atoms with Crippen molar-refractivity contribution < 1.29 is 9.53 Å². The number of amides is 1. The molecule has 0 bridgehead atoms. The van der Waals surface area contributed by atoms with Gasteiger partial charge in [0, 0.05) is 18.8 Å². The van der Waals surface area contributed by atoms with E-state index in [0.29, 0.717) is 17.9 Å². The fourth-order valence-corrected chi connectivity index (χ4v) is 2.43. The van der Waals surface area contributed by atoms with E-state index in [9.17, 15) is 4.79 Å². The fourth-order valence-electron chi connectivity index (χ4n) is 2.43. The molecule has 2 aromatic heterocycles. The van der Waals surface area contributed by atoms with E-state index in [-0.39, 0.29) is 6.09 Å². The summed E-state index contributed by atoms with van der Waals surface area (Å²) in [6.45, 7) is 10.8. The van der Waals surface area contributed by atoms with Gasteiger partial charge in [-0.25, -0.2) is 4.79 Å². The molecule has 25 heavy (non-hydrogen) atoms. The Morgan fingerprint density at radius 1 is 1.24 bits per heavy atom. The largest absolute Gasteiger partial charge is 0.444 e. The lowest BCUT2D eigenvalue weighted by atomic mass is 10.1. The fraction of sp³-hybridized carbons (Fsp3) is 0.625. The number of hydrogen-bond acceptors (Lipinski definition) is 7. The van der Waals surface area contributed by atoms with Crippen LogP contribution in [0.3, 0.4) is 0 Å². The second-order valence-electron chi connectivity index (χ2n) is 6.98. The van der Waals surface area contributed by atoms with Crippen molar-refractivity contribution in [1.82, 2.24) is 25.4 Å². The summed E-state index contributed by atoms with van der Waals surface area (Å²) in [5.74, 6) is 0. The van der Waals surface area contributed by atoms with Crippen LogP contribution in [0.25, 0.3) is 5.65 Å². The van der Waals surface area contributed by atoms with Gasteiger partial charge in [0.25, 0.3) is 0 Å². The predicted octanol–water partition coefficient (Wildman–Crippen LogP) is 2.04. The summed E-state index contributed by atoms with van der Waals surface area (Å²) < 4.78 is 6.83. The first-order chi connectivity index (χ1) is 11.7. The SMILES string of the molecule is Cc1c(NCCCCNC(=O)OC(C)(C)C)c(N)c2nnnn2c1C. The minimum Gasteiger partial charge on any atom is -0.444 e. The summed E-state index contributed by atoms with van der Waals surface area (Å²) in [5, 5.41) is 17.7. The van der Waals surface area contributed by atoms with Crippen molar-refractivity contribution >= 4 is 23.1 Å². The van der Waals surface area contributed by atoms with Gasteiger partial charge >= 0.3 is 6.09 Å². The first-order valence-electron chi connectivity index (χ1n) is 8.38. The molecule has 0 spiro atoms. The van der Waals surface area contributed by atoms with Crippen molar-refractivity contribution in [3.63, 3.8) is 0 Å². The number of rotatable bonds is 6.